The molecule has 1 amide bonds. The van der Waals surface area contributed by atoms with Crippen LogP contribution in [-0.2, 0) is 25.6 Å². The van der Waals surface area contributed by atoms with Crippen LogP contribution in [0.3, 0.4) is 0 Å². The van der Waals surface area contributed by atoms with Gasteiger partial charge in [0.2, 0.25) is 12.2 Å². The van der Waals surface area contributed by atoms with Crippen LogP contribution >= 0.6 is 0 Å². The Morgan fingerprint density at radius 1 is 0.757 bits per heavy atom. The van der Waals surface area contributed by atoms with Gasteiger partial charge in [0.05, 0.1) is 18.2 Å². The van der Waals surface area contributed by atoms with Gasteiger partial charge in [0, 0.05) is 12.1 Å². The van der Waals surface area contributed by atoms with Gasteiger partial charge in [-0.25, -0.2) is 14.4 Å². The number of rotatable bonds is 10. The molecule has 3 aromatic carbocycles. The summed E-state index contributed by atoms with van der Waals surface area (Å²) in [4.78, 5) is 50.8. The maximum absolute atomic E-state index is 13.2. The molecule has 192 valence electrons. The lowest BCUT2D eigenvalue weighted by molar-refractivity contribution is -0.159. The molecule has 9 heteroatoms. The molecule has 0 saturated heterocycles. The van der Waals surface area contributed by atoms with Gasteiger partial charge >= 0.3 is 17.9 Å². The lowest BCUT2D eigenvalue weighted by Gasteiger charge is -2.24. The smallest absolute Gasteiger partial charge is 0.349 e. The molecule has 0 bridgehead atoms. The molecule has 37 heavy (non-hydrogen) atoms. The Morgan fingerprint density at radius 3 is 1.73 bits per heavy atom. The van der Waals surface area contributed by atoms with Crippen LogP contribution in [-0.4, -0.2) is 48.2 Å². The standard InChI is InChI=1S/C28H27NO8/c1-17-8-12-19(13-9-17)27(33)36-23(25(30)29-16-21-6-4-5-7-22(21)35-3)24(26(31)32)37-28(34)20-14-10-18(2)11-15-20/h4-15,23-24H,16H2,1-3H3,(H,29,30)(H,31,32)/t23-,24-/m1/s1. The molecule has 3 aromatic rings. The number of amides is 1. The Balaban J connectivity index is 1.87. The topological polar surface area (TPSA) is 128 Å². The molecule has 0 aliphatic carbocycles. The van der Waals surface area contributed by atoms with Gasteiger partial charge in [0.15, 0.2) is 0 Å². The van der Waals surface area contributed by atoms with Crippen molar-refractivity contribution in [2.75, 3.05) is 7.11 Å². The largest absolute Gasteiger partial charge is 0.496 e. The van der Waals surface area contributed by atoms with Gasteiger partial charge in [0.1, 0.15) is 5.75 Å². The van der Waals surface area contributed by atoms with Crippen LogP contribution in [0.25, 0.3) is 0 Å². The third-order valence-electron chi connectivity index (χ3n) is 5.46. The molecule has 9 nitrogen and oxygen atoms in total. The zero-order valence-electron chi connectivity index (χ0n) is 20.6. The van der Waals surface area contributed by atoms with E-state index in [4.69, 9.17) is 14.2 Å². The molecule has 3 rings (SSSR count). The van der Waals surface area contributed by atoms with E-state index in [1.54, 1.807) is 48.5 Å². The van der Waals surface area contributed by atoms with Crippen molar-refractivity contribution in [1.29, 1.82) is 0 Å². The number of ether oxygens (including phenoxy) is 3. The third-order valence-corrected chi connectivity index (χ3v) is 5.46. The summed E-state index contributed by atoms with van der Waals surface area (Å²) in [6, 6.07) is 19.4. The molecule has 0 heterocycles. The summed E-state index contributed by atoms with van der Waals surface area (Å²) < 4.78 is 15.8. The van der Waals surface area contributed by atoms with Crippen LogP contribution in [0, 0.1) is 13.8 Å². The lowest BCUT2D eigenvalue weighted by Crippen LogP contribution is -2.50. The van der Waals surface area contributed by atoms with Crippen molar-refractivity contribution >= 4 is 23.8 Å². The number of carbonyl (C=O) groups is 4. The second-order valence-corrected chi connectivity index (χ2v) is 8.25. The molecular weight excluding hydrogens is 478 g/mol. The highest BCUT2D eigenvalue weighted by Crippen LogP contribution is 2.18. The number of nitrogens with one attached hydrogen (secondary N) is 1. The fourth-order valence-corrected chi connectivity index (χ4v) is 3.37. The van der Waals surface area contributed by atoms with E-state index in [-0.39, 0.29) is 17.7 Å². The number of para-hydroxylation sites is 1. The Hall–Kier alpha value is -4.66. The fourth-order valence-electron chi connectivity index (χ4n) is 3.37. The van der Waals surface area contributed by atoms with E-state index in [9.17, 15) is 24.3 Å². The van der Waals surface area contributed by atoms with E-state index >= 15 is 0 Å². The molecule has 0 spiro atoms. The van der Waals surface area contributed by atoms with Crippen molar-refractivity contribution in [2.24, 2.45) is 0 Å². The first kappa shape index (κ1) is 26.9. The predicted octanol–water partition coefficient (Wildman–Crippen LogP) is 3.46. The predicted molar refractivity (Wildman–Crippen MR) is 133 cm³/mol. The van der Waals surface area contributed by atoms with Crippen molar-refractivity contribution in [2.45, 2.75) is 32.6 Å². The van der Waals surface area contributed by atoms with Crippen LogP contribution < -0.4 is 10.1 Å². The SMILES string of the molecule is COc1ccccc1CNC(=O)[C@H](OC(=O)c1ccc(C)cc1)[C@@H](OC(=O)c1ccc(C)cc1)C(=O)O. The van der Waals surface area contributed by atoms with Gasteiger partial charge in [-0.15, -0.1) is 0 Å². The number of benzene rings is 3. The van der Waals surface area contributed by atoms with Crippen molar-refractivity contribution in [3.63, 3.8) is 0 Å². The van der Waals surface area contributed by atoms with Crippen molar-refractivity contribution in [3.8, 4) is 5.75 Å². The first-order chi connectivity index (χ1) is 17.7. The van der Waals surface area contributed by atoms with Crippen LogP contribution in [0.2, 0.25) is 0 Å². The van der Waals surface area contributed by atoms with E-state index in [0.717, 1.165) is 11.1 Å². The molecule has 0 radical (unpaired) electrons. The number of hydrogen-bond acceptors (Lipinski definition) is 7. The minimum atomic E-state index is -2.11. The van der Waals surface area contributed by atoms with E-state index in [2.05, 4.69) is 5.32 Å². The van der Waals surface area contributed by atoms with E-state index < -0.39 is 36.0 Å². The van der Waals surface area contributed by atoms with Gasteiger partial charge in [-0.3, -0.25) is 4.79 Å². The number of methoxy groups -OCH3 is 1. The minimum Gasteiger partial charge on any atom is -0.496 e. The number of hydrogen-bond donors (Lipinski definition) is 2. The summed E-state index contributed by atoms with van der Waals surface area (Å²) in [7, 11) is 1.47. The van der Waals surface area contributed by atoms with Gasteiger partial charge in [-0.05, 0) is 44.2 Å². The summed E-state index contributed by atoms with van der Waals surface area (Å²) in [5.74, 6) is -4.06. The zero-order valence-corrected chi connectivity index (χ0v) is 20.6. The van der Waals surface area contributed by atoms with Crippen molar-refractivity contribution < 1.29 is 38.5 Å². The number of aryl methyl sites for hydroxylation is 2. The van der Waals surface area contributed by atoms with Crippen molar-refractivity contribution in [1.82, 2.24) is 5.32 Å². The first-order valence-electron chi connectivity index (χ1n) is 11.4. The summed E-state index contributed by atoms with van der Waals surface area (Å²) in [5, 5.41) is 12.4. The molecule has 0 aliphatic heterocycles. The molecule has 2 N–H and O–H groups in total. The fraction of sp³-hybridized carbons (Fsp3) is 0.214. The molecule has 2 atom stereocenters. The Labute approximate surface area is 214 Å². The summed E-state index contributed by atoms with van der Waals surface area (Å²) >= 11 is 0. The Kier molecular flexibility index (Phi) is 8.99. The maximum Gasteiger partial charge on any atom is 0.349 e. The Bertz CT molecular complexity index is 1270. The van der Waals surface area contributed by atoms with Gasteiger partial charge in [-0.2, -0.15) is 0 Å². The number of aliphatic carboxylic acids is 1. The summed E-state index contributed by atoms with van der Waals surface area (Å²) in [6.45, 7) is 3.59. The average Bonchev–Trinajstić information content (AvgIpc) is 2.89. The zero-order chi connectivity index (χ0) is 26.9. The second-order valence-electron chi connectivity index (χ2n) is 8.25. The molecule has 0 unspecified atom stereocenters. The van der Waals surface area contributed by atoms with Crippen LogP contribution in [0.5, 0.6) is 5.75 Å². The summed E-state index contributed by atoms with van der Waals surface area (Å²) in [6.07, 6.45) is -4.09. The number of carbonyl (C=O) groups excluding carboxylic acids is 3. The monoisotopic (exact) mass is 505 g/mol. The molecule has 0 aromatic heterocycles. The molecule has 0 aliphatic rings. The molecule has 0 fully saturated rings. The Morgan fingerprint density at radius 2 is 1.24 bits per heavy atom. The minimum absolute atomic E-state index is 0.0559. The maximum atomic E-state index is 13.2. The van der Waals surface area contributed by atoms with Crippen LogP contribution in [0.1, 0.15) is 37.4 Å². The highest BCUT2D eigenvalue weighted by Gasteiger charge is 2.41. The van der Waals surface area contributed by atoms with Gasteiger partial charge in [0.25, 0.3) is 5.91 Å². The first-order valence-corrected chi connectivity index (χ1v) is 11.4. The highest BCUT2D eigenvalue weighted by atomic mass is 16.6. The number of carboxylic acid groups (broad SMARTS) is 1. The highest BCUT2D eigenvalue weighted by molar-refractivity contribution is 5.96. The van der Waals surface area contributed by atoms with E-state index in [1.807, 2.05) is 13.8 Å². The number of carboxylic acids is 1. The van der Waals surface area contributed by atoms with Crippen LogP contribution in [0.15, 0.2) is 72.8 Å². The van der Waals surface area contributed by atoms with Crippen LogP contribution in [0.4, 0.5) is 0 Å². The lowest BCUT2D eigenvalue weighted by atomic mass is 10.1. The third kappa shape index (κ3) is 7.17. The van der Waals surface area contributed by atoms with E-state index in [1.165, 1.54) is 31.4 Å². The normalized spacial score (nSPS) is 12.1. The van der Waals surface area contributed by atoms with Gasteiger partial charge in [-0.1, -0.05) is 53.6 Å². The van der Waals surface area contributed by atoms with Crippen molar-refractivity contribution in [3.05, 3.63) is 101 Å². The quantitative estimate of drug-likeness (QED) is 0.401. The average molecular weight is 506 g/mol. The van der Waals surface area contributed by atoms with Gasteiger partial charge < -0.3 is 24.6 Å². The summed E-state index contributed by atoms with van der Waals surface area (Å²) in [5.41, 5.74) is 2.55. The molecule has 0 saturated carbocycles. The number of esters is 2. The second kappa shape index (κ2) is 12.3. The van der Waals surface area contributed by atoms with E-state index in [0.29, 0.717) is 11.3 Å². The molecular formula is C28H27NO8.